The van der Waals surface area contributed by atoms with Crippen LogP contribution in [0.1, 0.15) is 21.5 Å². The van der Waals surface area contributed by atoms with E-state index in [4.69, 9.17) is 10.5 Å². The van der Waals surface area contributed by atoms with E-state index in [9.17, 15) is 13.6 Å². The highest BCUT2D eigenvalue weighted by Gasteiger charge is 2.18. The minimum Gasteiger partial charge on any atom is -0.457 e. The van der Waals surface area contributed by atoms with Crippen molar-refractivity contribution >= 4 is 27.6 Å². The number of hydrogen-bond acceptors (Lipinski definition) is 3. The Morgan fingerprint density at radius 1 is 1.29 bits per heavy atom. The second-order valence-corrected chi connectivity index (χ2v) is 5.29. The van der Waals surface area contributed by atoms with Gasteiger partial charge in [0.1, 0.15) is 18.2 Å². The third-order valence-corrected chi connectivity index (χ3v) is 3.61. The van der Waals surface area contributed by atoms with Crippen molar-refractivity contribution in [3.05, 3.63) is 63.1 Å². The molecule has 0 aliphatic rings. The number of anilines is 1. The van der Waals surface area contributed by atoms with Crippen molar-refractivity contribution < 1.29 is 18.3 Å². The van der Waals surface area contributed by atoms with Gasteiger partial charge in [0, 0.05) is 5.69 Å². The van der Waals surface area contributed by atoms with Gasteiger partial charge in [0.05, 0.1) is 15.6 Å². The molecule has 0 heterocycles. The maximum Gasteiger partial charge on any atom is 0.340 e. The minimum atomic E-state index is -0.791. The Balaban J connectivity index is 2.21. The Kier molecular flexibility index (Phi) is 4.57. The molecular formula is C15H12BrF2NO2. The second kappa shape index (κ2) is 6.22. The summed E-state index contributed by atoms with van der Waals surface area (Å²) in [6.07, 6.45) is 0. The van der Waals surface area contributed by atoms with E-state index in [2.05, 4.69) is 15.9 Å². The number of halogens is 3. The quantitative estimate of drug-likeness (QED) is 0.514. The van der Waals surface area contributed by atoms with Crippen LogP contribution in [0.3, 0.4) is 0 Å². The smallest absolute Gasteiger partial charge is 0.340 e. The molecule has 0 unspecified atom stereocenters. The van der Waals surface area contributed by atoms with Gasteiger partial charge in [0.15, 0.2) is 0 Å². The summed E-state index contributed by atoms with van der Waals surface area (Å²) in [4.78, 5) is 12.0. The summed E-state index contributed by atoms with van der Waals surface area (Å²) in [6, 6.07) is 7.31. The van der Waals surface area contributed by atoms with E-state index in [0.29, 0.717) is 5.56 Å². The molecule has 2 aromatic carbocycles. The molecular weight excluding hydrogens is 344 g/mol. The third kappa shape index (κ3) is 3.21. The fraction of sp³-hybridized carbons (Fsp3) is 0.133. The van der Waals surface area contributed by atoms with E-state index < -0.39 is 24.2 Å². The first kappa shape index (κ1) is 15.4. The molecule has 0 radical (unpaired) electrons. The molecule has 0 fully saturated rings. The standard InChI is InChI=1S/C15H12BrF2NO2/c1-8-3-2-4-12(19)13(8)15(20)21-7-9-11(17)6-5-10(16)14(9)18/h2-6H,7,19H2,1H3. The van der Waals surface area contributed by atoms with Crippen LogP contribution in [0.15, 0.2) is 34.8 Å². The average Bonchev–Trinajstić information content (AvgIpc) is 2.43. The van der Waals surface area contributed by atoms with Crippen LogP contribution in [0.4, 0.5) is 14.5 Å². The average molecular weight is 356 g/mol. The molecule has 6 heteroatoms. The summed E-state index contributed by atoms with van der Waals surface area (Å²) in [7, 11) is 0. The number of carbonyl (C=O) groups excluding carboxylic acids is 1. The number of hydrogen-bond donors (Lipinski definition) is 1. The van der Waals surface area contributed by atoms with Crippen molar-refractivity contribution in [2.24, 2.45) is 0 Å². The minimum absolute atomic E-state index is 0.102. The monoisotopic (exact) mass is 355 g/mol. The van der Waals surface area contributed by atoms with Crippen LogP contribution in [-0.2, 0) is 11.3 Å². The van der Waals surface area contributed by atoms with Gasteiger partial charge in [0.25, 0.3) is 0 Å². The predicted octanol–water partition coefficient (Wildman–Crippen LogP) is 3.97. The van der Waals surface area contributed by atoms with Gasteiger partial charge in [-0.2, -0.15) is 0 Å². The fourth-order valence-electron chi connectivity index (χ4n) is 1.88. The van der Waals surface area contributed by atoms with E-state index in [1.165, 1.54) is 6.07 Å². The number of rotatable bonds is 3. The molecule has 0 amide bonds. The van der Waals surface area contributed by atoms with Crippen molar-refractivity contribution in [1.82, 2.24) is 0 Å². The lowest BCUT2D eigenvalue weighted by atomic mass is 10.1. The fourth-order valence-corrected chi connectivity index (χ4v) is 2.25. The van der Waals surface area contributed by atoms with Crippen LogP contribution in [0.5, 0.6) is 0 Å². The number of benzene rings is 2. The largest absolute Gasteiger partial charge is 0.457 e. The van der Waals surface area contributed by atoms with Crippen molar-refractivity contribution in [1.29, 1.82) is 0 Å². The third-order valence-electron chi connectivity index (χ3n) is 3.00. The molecule has 0 aromatic heterocycles. The first-order valence-electron chi connectivity index (χ1n) is 6.06. The van der Waals surface area contributed by atoms with Crippen LogP contribution in [0, 0.1) is 18.6 Å². The molecule has 0 saturated heterocycles. The van der Waals surface area contributed by atoms with Gasteiger partial charge < -0.3 is 10.5 Å². The molecule has 3 nitrogen and oxygen atoms in total. The Labute approximate surface area is 128 Å². The molecule has 0 aliphatic carbocycles. The summed E-state index contributed by atoms with van der Waals surface area (Å²) in [5.74, 6) is -2.29. The number of nitrogen functional groups attached to an aromatic ring is 1. The lowest BCUT2D eigenvalue weighted by Gasteiger charge is -2.11. The van der Waals surface area contributed by atoms with Crippen molar-refractivity contribution in [3.63, 3.8) is 0 Å². The lowest BCUT2D eigenvalue weighted by Crippen LogP contribution is -2.11. The van der Waals surface area contributed by atoms with E-state index >= 15 is 0 Å². The van der Waals surface area contributed by atoms with E-state index in [0.717, 1.165) is 6.07 Å². The van der Waals surface area contributed by atoms with Crippen LogP contribution in [0.2, 0.25) is 0 Å². The van der Waals surface area contributed by atoms with Crippen molar-refractivity contribution in [2.45, 2.75) is 13.5 Å². The highest BCUT2D eigenvalue weighted by molar-refractivity contribution is 9.10. The molecule has 110 valence electrons. The second-order valence-electron chi connectivity index (χ2n) is 4.44. The highest BCUT2D eigenvalue weighted by Crippen LogP contribution is 2.23. The summed E-state index contributed by atoms with van der Waals surface area (Å²) in [5.41, 5.74) is 6.50. The Hall–Kier alpha value is -1.95. The molecule has 0 aliphatic heterocycles. The topological polar surface area (TPSA) is 52.3 Å². The first-order chi connectivity index (χ1) is 9.91. The number of ether oxygens (including phenoxy) is 1. The lowest BCUT2D eigenvalue weighted by molar-refractivity contribution is 0.0465. The molecule has 2 N–H and O–H groups in total. The molecule has 0 saturated carbocycles. The predicted molar refractivity (Wildman–Crippen MR) is 78.8 cm³/mol. The Bertz CT molecular complexity index is 684. The van der Waals surface area contributed by atoms with Crippen molar-refractivity contribution in [2.75, 3.05) is 5.73 Å². The number of nitrogens with two attached hydrogens (primary N) is 1. The molecule has 0 atom stereocenters. The molecule has 0 spiro atoms. The zero-order chi connectivity index (χ0) is 15.6. The Morgan fingerprint density at radius 3 is 2.67 bits per heavy atom. The number of esters is 1. The summed E-state index contributed by atoms with van der Waals surface area (Å²) >= 11 is 2.95. The van der Waals surface area contributed by atoms with Gasteiger partial charge in [-0.3, -0.25) is 0 Å². The van der Waals surface area contributed by atoms with Crippen LogP contribution >= 0.6 is 15.9 Å². The maximum absolute atomic E-state index is 13.8. The number of aryl methyl sites for hydroxylation is 1. The van der Waals surface area contributed by atoms with Crippen molar-refractivity contribution in [3.8, 4) is 0 Å². The summed E-state index contributed by atoms with van der Waals surface area (Å²) in [5, 5.41) is 0. The molecule has 21 heavy (non-hydrogen) atoms. The van der Waals surface area contributed by atoms with Gasteiger partial charge in [-0.15, -0.1) is 0 Å². The highest BCUT2D eigenvalue weighted by atomic mass is 79.9. The summed E-state index contributed by atoms with van der Waals surface area (Å²) in [6.45, 7) is 1.19. The van der Waals surface area contributed by atoms with Gasteiger partial charge in [-0.25, -0.2) is 13.6 Å². The summed E-state index contributed by atoms with van der Waals surface area (Å²) < 4.78 is 32.4. The van der Waals surface area contributed by atoms with Gasteiger partial charge in [0.2, 0.25) is 0 Å². The van der Waals surface area contributed by atoms with Gasteiger partial charge >= 0.3 is 5.97 Å². The van der Waals surface area contributed by atoms with E-state index in [1.54, 1.807) is 25.1 Å². The normalized spacial score (nSPS) is 10.5. The number of carbonyl (C=O) groups is 1. The molecule has 2 rings (SSSR count). The van der Waals surface area contributed by atoms with E-state index in [-0.39, 0.29) is 21.3 Å². The molecule has 0 bridgehead atoms. The first-order valence-corrected chi connectivity index (χ1v) is 6.85. The zero-order valence-corrected chi connectivity index (χ0v) is 12.7. The Morgan fingerprint density at radius 2 is 2.00 bits per heavy atom. The van der Waals surface area contributed by atoms with E-state index in [1.807, 2.05) is 0 Å². The molecule has 2 aromatic rings. The van der Waals surface area contributed by atoms with Crippen LogP contribution in [-0.4, -0.2) is 5.97 Å². The van der Waals surface area contributed by atoms with Gasteiger partial charge in [-0.05, 0) is 46.6 Å². The van der Waals surface area contributed by atoms with Crippen LogP contribution < -0.4 is 5.73 Å². The van der Waals surface area contributed by atoms with Crippen LogP contribution in [0.25, 0.3) is 0 Å². The zero-order valence-electron chi connectivity index (χ0n) is 11.1. The van der Waals surface area contributed by atoms with Gasteiger partial charge in [-0.1, -0.05) is 12.1 Å². The maximum atomic E-state index is 13.8. The SMILES string of the molecule is Cc1cccc(N)c1C(=O)OCc1c(F)ccc(Br)c1F.